The standard InChI is InChI=1S/C16H20N4O/c1-11-13(10-20(2)19-11)9-18-16(21)14-7-3-5-12-6-4-8-17-15(12)14/h3,5,7,10,17H,4,6,8-9H2,1-2H3,(H,18,21). The summed E-state index contributed by atoms with van der Waals surface area (Å²) in [6.45, 7) is 3.38. The fraction of sp³-hybridized carbons (Fsp3) is 0.375. The highest BCUT2D eigenvalue weighted by Gasteiger charge is 2.17. The zero-order valence-electron chi connectivity index (χ0n) is 12.4. The normalized spacial score (nSPS) is 13.4. The SMILES string of the molecule is Cc1nn(C)cc1CNC(=O)c1cccc2c1NCCC2. The highest BCUT2D eigenvalue weighted by atomic mass is 16.1. The fourth-order valence-electron chi connectivity index (χ4n) is 2.79. The van der Waals surface area contributed by atoms with Gasteiger partial charge in [0, 0.05) is 31.9 Å². The van der Waals surface area contributed by atoms with Gasteiger partial charge < -0.3 is 10.6 Å². The first-order valence-electron chi connectivity index (χ1n) is 7.28. The van der Waals surface area contributed by atoms with Crippen molar-refractivity contribution >= 4 is 11.6 Å². The summed E-state index contributed by atoms with van der Waals surface area (Å²) in [4.78, 5) is 12.4. The number of hydrogen-bond donors (Lipinski definition) is 2. The van der Waals surface area contributed by atoms with E-state index in [4.69, 9.17) is 0 Å². The molecular weight excluding hydrogens is 264 g/mol. The number of carbonyl (C=O) groups is 1. The van der Waals surface area contributed by atoms with Gasteiger partial charge in [0.2, 0.25) is 0 Å². The molecule has 0 fully saturated rings. The van der Waals surface area contributed by atoms with Crippen LogP contribution in [-0.2, 0) is 20.0 Å². The molecule has 0 saturated carbocycles. The third-order valence-electron chi connectivity index (χ3n) is 3.87. The maximum Gasteiger partial charge on any atom is 0.253 e. The number of carbonyl (C=O) groups excluding carboxylic acids is 1. The number of amides is 1. The van der Waals surface area contributed by atoms with Crippen LogP contribution in [0.25, 0.3) is 0 Å². The van der Waals surface area contributed by atoms with E-state index in [9.17, 15) is 4.79 Å². The number of aryl methyl sites for hydroxylation is 3. The molecule has 21 heavy (non-hydrogen) atoms. The Hall–Kier alpha value is -2.30. The quantitative estimate of drug-likeness (QED) is 0.906. The Morgan fingerprint density at radius 3 is 3.10 bits per heavy atom. The number of nitrogens with one attached hydrogen (secondary N) is 2. The van der Waals surface area contributed by atoms with Gasteiger partial charge in [0.25, 0.3) is 5.91 Å². The monoisotopic (exact) mass is 284 g/mol. The number of benzene rings is 1. The lowest BCUT2D eigenvalue weighted by Gasteiger charge is -2.20. The van der Waals surface area contributed by atoms with E-state index >= 15 is 0 Å². The summed E-state index contributed by atoms with van der Waals surface area (Å²) in [5.74, 6) is -0.0375. The molecule has 3 rings (SSSR count). The lowest BCUT2D eigenvalue weighted by atomic mass is 9.99. The maximum atomic E-state index is 12.4. The molecule has 0 spiro atoms. The number of aromatic nitrogens is 2. The van der Waals surface area contributed by atoms with Crippen molar-refractivity contribution in [3.63, 3.8) is 0 Å². The van der Waals surface area contributed by atoms with Crippen LogP contribution in [0.1, 0.15) is 33.6 Å². The second-order valence-electron chi connectivity index (χ2n) is 5.47. The van der Waals surface area contributed by atoms with Crippen LogP contribution in [0.15, 0.2) is 24.4 Å². The van der Waals surface area contributed by atoms with Crippen molar-refractivity contribution in [1.29, 1.82) is 0 Å². The Bertz CT molecular complexity index is 675. The smallest absolute Gasteiger partial charge is 0.253 e. The zero-order valence-corrected chi connectivity index (χ0v) is 12.4. The molecule has 0 atom stereocenters. The molecule has 5 heteroatoms. The molecule has 1 aliphatic rings. The van der Waals surface area contributed by atoms with E-state index in [0.717, 1.165) is 41.9 Å². The van der Waals surface area contributed by atoms with Crippen LogP contribution in [0, 0.1) is 6.92 Å². The van der Waals surface area contributed by atoms with Crippen LogP contribution in [-0.4, -0.2) is 22.2 Å². The average Bonchev–Trinajstić information content (AvgIpc) is 2.82. The third-order valence-corrected chi connectivity index (χ3v) is 3.87. The van der Waals surface area contributed by atoms with E-state index in [1.807, 2.05) is 32.3 Å². The van der Waals surface area contributed by atoms with Gasteiger partial charge >= 0.3 is 0 Å². The average molecular weight is 284 g/mol. The number of nitrogens with zero attached hydrogens (tertiary/aromatic N) is 2. The highest BCUT2D eigenvalue weighted by molar-refractivity contribution is 6.00. The van der Waals surface area contributed by atoms with E-state index in [2.05, 4.69) is 21.8 Å². The molecule has 0 radical (unpaired) electrons. The molecule has 2 aromatic rings. The predicted octanol–water partition coefficient (Wildman–Crippen LogP) is 2.02. The van der Waals surface area contributed by atoms with Crippen LogP contribution < -0.4 is 10.6 Å². The summed E-state index contributed by atoms with van der Waals surface area (Å²) in [5.41, 5.74) is 4.94. The van der Waals surface area contributed by atoms with Gasteiger partial charge in [-0.15, -0.1) is 0 Å². The van der Waals surface area contributed by atoms with Crippen molar-refractivity contribution in [2.24, 2.45) is 7.05 Å². The van der Waals surface area contributed by atoms with Crippen molar-refractivity contribution in [2.75, 3.05) is 11.9 Å². The van der Waals surface area contributed by atoms with E-state index < -0.39 is 0 Å². The molecule has 5 nitrogen and oxygen atoms in total. The molecule has 0 bridgehead atoms. The Morgan fingerprint density at radius 2 is 2.33 bits per heavy atom. The van der Waals surface area contributed by atoms with E-state index in [0.29, 0.717) is 6.54 Å². The molecule has 1 aliphatic heterocycles. The van der Waals surface area contributed by atoms with E-state index in [1.165, 1.54) is 5.56 Å². The van der Waals surface area contributed by atoms with Crippen LogP contribution in [0.5, 0.6) is 0 Å². The summed E-state index contributed by atoms with van der Waals surface area (Å²) in [5, 5.41) is 10.6. The van der Waals surface area contributed by atoms with Crippen LogP contribution in [0.4, 0.5) is 5.69 Å². The molecule has 1 amide bonds. The Balaban J connectivity index is 1.75. The number of para-hydroxylation sites is 1. The van der Waals surface area contributed by atoms with Crippen molar-refractivity contribution < 1.29 is 4.79 Å². The highest BCUT2D eigenvalue weighted by Crippen LogP contribution is 2.26. The lowest BCUT2D eigenvalue weighted by Crippen LogP contribution is -2.25. The van der Waals surface area contributed by atoms with Crippen molar-refractivity contribution in [1.82, 2.24) is 15.1 Å². The molecule has 2 N–H and O–H groups in total. The summed E-state index contributed by atoms with van der Waals surface area (Å²) in [7, 11) is 1.88. The molecule has 0 saturated heterocycles. The van der Waals surface area contributed by atoms with Gasteiger partial charge in [0.1, 0.15) is 0 Å². The molecule has 0 aliphatic carbocycles. The summed E-state index contributed by atoms with van der Waals surface area (Å²) >= 11 is 0. The number of fused-ring (bicyclic) bond motifs is 1. The first-order chi connectivity index (χ1) is 10.1. The topological polar surface area (TPSA) is 59.0 Å². The minimum Gasteiger partial charge on any atom is -0.384 e. The Labute approximate surface area is 124 Å². The van der Waals surface area contributed by atoms with Crippen LogP contribution >= 0.6 is 0 Å². The zero-order chi connectivity index (χ0) is 14.8. The van der Waals surface area contributed by atoms with Crippen molar-refractivity contribution in [3.8, 4) is 0 Å². The lowest BCUT2D eigenvalue weighted by molar-refractivity contribution is 0.0951. The van der Waals surface area contributed by atoms with Crippen molar-refractivity contribution in [3.05, 3.63) is 46.8 Å². The van der Waals surface area contributed by atoms with Gasteiger partial charge in [0.15, 0.2) is 0 Å². The largest absolute Gasteiger partial charge is 0.384 e. The van der Waals surface area contributed by atoms with Crippen LogP contribution in [0.3, 0.4) is 0 Å². The van der Waals surface area contributed by atoms with Gasteiger partial charge in [-0.05, 0) is 31.4 Å². The first kappa shape index (κ1) is 13.7. The van der Waals surface area contributed by atoms with Gasteiger partial charge in [-0.2, -0.15) is 5.10 Å². The molecule has 2 heterocycles. The fourth-order valence-corrected chi connectivity index (χ4v) is 2.79. The minimum absolute atomic E-state index is 0.0375. The number of hydrogen-bond acceptors (Lipinski definition) is 3. The Morgan fingerprint density at radius 1 is 1.48 bits per heavy atom. The number of rotatable bonds is 3. The van der Waals surface area contributed by atoms with E-state index in [-0.39, 0.29) is 5.91 Å². The summed E-state index contributed by atoms with van der Waals surface area (Å²) < 4.78 is 1.77. The van der Waals surface area contributed by atoms with Gasteiger partial charge in [0.05, 0.1) is 16.9 Å². The maximum absolute atomic E-state index is 12.4. The number of anilines is 1. The second kappa shape index (κ2) is 5.60. The molecule has 1 aromatic heterocycles. The molecular formula is C16H20N4O. The van der Waals surface area contributed by atoms with E-state index in [1.54, 1.807) is 4.68 Å². The van der Waals surface area contributed by atoms with Crippen molar-refractivity contribution in [2.45, 2.75) is 26.3 Å². The first-order valence-corrected chi connectivity index (χ1v) is 7.28. The third kappa shape index (κ3) is 2.77. The second-order valence-corrected chi connectivity index (χ2v) is 5.47. The summed E-state index contributed by atoms with van der Waals surface area (Å²) in [6, 6.07) is 5.92. The predicted molar refractivity (Wildman–Crippen MR) is 82.4 cm³/mol. The molecule has 110 valence electrons. The van der Waals surface area contributed by atoms with Gasteiger partial charge in [-0.25, -0.2) is 0 Å². The van der Waals surface area contributed by atoms with Gasteiger partial charge in [-0.1, -0.05) is 12.1 Å². The van der Waals surface area contributed by atoms with Gasteiger partial charge in [-0.3, -0.25) is 9.48 Å². The molecule has 1 aromatic carbocycles. The minimum atomic E-state index is -0.0375. The Kier molecular flexibility index (Phi) is 3.64. The van der Waals surface area contributed by atoms with Crippen LogP contribution in [0.2, 0.25) is 0 Å². The summed E-state index contributed by atoms with van der Waals surface area (Å²) in [6.07, 6.45) is 4.09. The molecule has 0 unspecified atom stereocenters.